The van der Waals surface area contributed by atoms with Gasteiger partial charge >= 0.3 is 5.97 Å². The highest BCUT2D eigenvalue weighted by Crippen LogP contribution is 2.52. The highest BCUT2D eigenvalue weighted by Gasteiger charge is 2.52. The normalized spacial score (nSPS) is 37.9. The number of rotatable bonds is 3. The molecule has 0 aromatic heterocycles. The first-order valence-electron chi connectivity index (χ1n) is 6.81. The fourth-order valence-electron chi connectivity index (χ4n) is 3.01. The lowest BCUT2D eigenvalue weighted by molar-refractivity contribution is -0.152. The average Bonchev–Trinajstić information content (AvgIpc) is 2.91. The van der Waals surface area contributed by atoms with E-state index in [1.54, 1.807) is 6.92 Å². The van der Waals surface area contributed by atoms with Crippen LogP contribution in [-0.4, -0.2) is 23.0 Å². The number of amides is 1. The van der Waals surface area contributed by atoms with Crippen molar-refractivity contribution in [1.82, 2.24) is 5.32 Å². The number of carboxylic acid groups (broad SMARTS) is 1. The summed E-state index contributed by atoms with van der Waals surface area (Å²) in [4.78, 5) is 23.5. The van der Waals surface area contributed by atoms with Gasteiger partial charge in [-0.15, -0.1) is 0 Å². The van der Waals surface area contributed by atoms with E-state index in [0.717, 1.165) is 25.7 Å². The Hall–Kier alpha value is -1.06. The van der Waals surface area contributed by atoms with Crippen molar-refractivity contribution in [3.63, 3.8) is 0 Å². The van der Waals surface area contributed by atoms with Gasteiger partial charge in [0.05, 0.1) is 5.41 Å². The molecule has 2 aliphatic rings. The van der Waals surface area contributed by atoms with Gasteiger partial charge in [-0.05, 0) is 31.6 Å². The molecular weight excluding hydrogens is 230 g/mol. The minimum atomic E-state index is -0.799. The molecule has 102 valence electrons. The van der Waals surface area contributed by atoms with E-state index in [2.05, 4.69) is 19.2 Å². The maximum atomic E-state index is 12.1. The lowest BCUT2D eigenvalue weighted by Crippen LogP contribution is -2.52. The van der Waals surface area contributed by atoms with Crippen molar-refractivity contribution in [3.8, 4) is 0 Å². The standard InChI is InChI=1S/C14H23NO3/c1-13(2)8-9(13)11(16)15-10-6-4-5-7-14(10,3)12(17)18/h9-10H,4-8H2,1-3H3,(H,15,16)(H,17,18). The summed E-state index contributed by atoms with van der Waals surface area (Å²) in [6.07, 6.45) is 4.28. The molecule has 0 saturated heterocycles. The molecule has 2 rings (SSSR count). The molecule has 1 amide bonds. The van der Waals surface area contributed by atoms with Gasteiger partial charge in [-0.2, -0.15) is 0 Å². The van der Waals surface area contributed by atoms with Crippen LogP contribution >= 0.6 is 0 Å². The summed E-state index contributed by atoms with van der Waals surface area (Å²) in [5.41, 5.74) is -0.703. The van der Waals surface area contributed by atoms with Crippen LogP contribution in [0.25, 0.3) is 0 Å². The second-order valence-corrected chi connectivity index (χ2v) is 6.77. The smallest absolute Gasteiger partial charge is 0.311 e. The van der Waals surface area contributed by atoms with Crippen molar-refractivity contribution in [1.29, 1.82) is 0 Å². The molecule has 3 unspecified atom stereocenters. The Kier molecular flexibility index (Phi) is 3.16. The average molecular weight is 253 g/mol. The predicted octanol–water partition coefficient (Wildman–Crippen LogP) is 2.18. The first kappa shape index (κ1) is 13.4. The van der Waals surface area contributed by atoms with Crippen molar-refractivity contribution in [2.75, 3.05) is 0 Å². The molecule has 2 aliphatic carbocycles. The van der Waals surface area contributed by atoms with E-state index >= 15 is 0 Å². The van der Waals surface area contributed by atoms with E-state index in [1.165, 1.54) is 0 Å². The zero-order valence-electron chi connectivity index (χ0n) is 11.5. The van der Waals surface area contributed by atoms with Gasteiger partial charge in [0, 0.05) is 12.0 Å². The predicted molar refractivity (Wildman–Crippen MR) is 68.0 cm³/mol. The van der Waals surface area contributed by atoms with Crippen molar-refractivity contribution >= 4 is 11.9 Å². The van der Waals surface area contributed by atoms with Gasteiger partial charge in [-0.25, -0.2) is 0 Å². The molecule has 2 N–H and O–H groups in total. The minimum absolute atomic E-state index is 0.0411. The first-order chi connectivity index (χ1) is 8.27. The number of hydrogen-bond donors (Lipinski definition) is 2. The summed E-state index contributed by atoms with van der Waals surface area (Å²) < 4.78 is 0. The Labute approximate surface area is 108 Å². The zero-order valence-corrected chi connectivity index (χ0v) is 11.5. The van der Waals surface area contributed by atoms with Gasteiger partial charge in [0.2, 0.25) is 5.91 Å². The van der Waals surface area contributed by atoms with Crippen molar-refractivity contribution in [2.45, 2.75) is 58.9 Å². The van der Waals surface area contributed by atoms with Gasteiger partial charge < -0.3 is 10.4 Å². The third-order valence-electron chi connectivity index (χ3n) is 4.84. The number of carbonyl (C=O) groups excluding carboxylic acids is 1. The van der Waals surface area contributed by atoms with Crippen LogP contribution < -0.4 is 5.32 Å². The maximum absolute atomic E-state index is 12.1. The van der Waals surface area contributed by atoms with Crippen LogP contribution in [0.5, 0.6) is 0 Å². The Morgan fingerprint density at radius 1 is 1.22 bits per heavy atom. The monoisotopic (exact) mass is 253 g/mol. The zero-order chi connectivity index (χ0) is 13.6. The van der Waals surface area contributed by atoms with Gasteiger partial charge in [0.1, 0.15) is 0 Å². The fourth-order valence-corrected chi connectivity index (χ4v) is 3.01. The molecular formula is C14H23NO3. The number of nitrogens with one attached hydrogen (secondary N) is 1. The van der Waals surface area contributed by atoms with E-state index in [-0.39, 0.29) is 23.3 Å². The van der Waals surface area contributed by atoms with Crippen molar-refractivity contribution < 1.29 is 14.7 Å². The van der Waals surface area contributed by atoms with Crippen LogP contribution in [-0.2, 0) is 9.59 Å². The molecule has 2 fully saturated rings. The highest BCUT2D eigenvalue weighted by molar-refractivity contribution is 5.84. The third-order valence-corrected chi connectivity index (χ3v) is 4.84. The molecule has 0 bridgehead atoms. The summed E-state index contributed by atoms with van der Waals surface area (Å²) in [6, 6.07) is -0.215. The largest absolute Gasteiger partial charge is 0.481 e. The summed E-state index contributed by atoms with van der Waals surface area (Å²) in [5, 5.41) is 12.4. The van der Waals surface area contributed by atoms with Crippen molar-refractivity contribution in [3.05, 3.63) is 0 Å². The van der Waals surface area contributed by atoms with Crippen molar-refractivity contribution in [2.24, 2.45) is 16.7 Å². The molecule has 0 aliphatic heterocycles. The van der Waals surface area contributed by atoms with Gasteiger partial charge in [-0.1, -0.05) is 26.7 Å². The summed E-state index contributed by atoms with van der Waals surface area (Å²) in [6.45, 7) is 5.92. The lowest BCUT2D eigenvalue weighted by Gasteiger charge is -2.38. The molecule has 0 radical (unpaired) electrons. The van der Waals surface area contributed by atoms with Crippen LogP contribution in [0, 0.1) is 16.7 Å². The molecule has 2 saturated carbocycles. The second-order valence-electron chi connectivity index (χ2n) is 6.77. The lowest BCUT2D eigenvalue weighted by atomic mass is 9.71. The minimum Gasteiger partial charge on any atom is -0.481 e. The molecule has 3 atom stereocenters. The molecule has 4 nitrogen and oxygen atoms in total. The quantitative estimate of drug-likeness (QED) is 0.810. The van der Waals surface area contributed by atoms with Crippen LogP contribution in [0.1, 0.15) is 52.9 Å². The fraction of sp³-hybridized carbons (Fsp3) is 0.857. The topological polar surface area (TPSA) is 66.4 Å². The second kappa shape index (κ2) is 4.25. The van der Waals surface area contributed by atoms with Gasteiger partial charge in [0.25, 0.3) is 0 Å². The Bertz CT molecular complexity index is 377. The molecule has 4 heteroatoms. The van der Waals surface area contributed by atoms with Crippen LogP contribution in [0.15, 0.2) is 0 Å². The summed E-state index contributed by atoms with van der Waals surface area (Å²) >= 11 is 0. The first-order valence-corrected chi connectivity index (χ1v) is 6.81. The molecule has 18 heavy (non-hydrogen) atoms. The number of aliphatic carboxylic acids is 1. The van der Waals surface area contributed by atoms with E-state index in [9.17, 15) is 14.7 Å². The van der Waals surface area contributed by atoms with Gasteiger partial charge in [-0.3, -0.25) is 9.59 Å². The molecule has 0 spiro atoms. The van der Waals surface area contributed by atoms with E-state index < -0.39 is 11.4 Å². The van der Waals surface area contributed by atoms with Crippen LogP contribution in [0.3, 0.4) is 0 Å². The Balaban J connectivity index is 2.03. The Morgan fingerprint density at radius 3 is 2.33 bits per heavy atom. The number of carbonyl (C=O) groups is 2. The molecule has 0 aromatic carbocycles. The number of carboxylic acids is 1. The SMILES string of the molecule is CC1(C)CC1C(=O)NC1CCCCC1(C)C(=O)O. The highest BCUT2D eigenvalue weighted by atomic mass is 16.4. The number of hydrogen-bond acceptors (Lipinski definition) is 2. The van der Waals surface area contributed by atoms with E-state index in [0.29, 0.717) is 6.42 Å². The summed E-state index contributed by atoms with van der Waals surface area (Å²) in [7, 11) is 0. The molecule has 0 aromatic rings. The van der Waals surface area contributed by atoms with E-state index in [1.807, 2.05) is 0 Å². The van der Waals surface area contributed by atoms with Gasteiger partial charge in [0.15, 0.2) is 0 Å². The maximum Gasteiger partial charge on any atom is 0.311 e. The van der Waals surface area contributed by atoms with Crippen LogP contribution in [0.2, 0.25) is 0 Å². The van der Waals surface area contributed by atoms with Crippen LogP contribution in [0.4, 0.5) is 0 Å². The molecule has 0 heterocycles. The summed E-state index contributed by atoms with van der Waals surface area (Å²) in [5.74, 6) is -0.681. The van der Waals surface area contributed by atoms with E-state index in [4.69, 9.17) is 0 Å². The Morgan fingerprint density at radius 2 is 1.83 bits per heavy atom. The third kappa shape index (κ3) is 2.25.